The number of carbonyl (C=O) groups is 3. The summed E-state index contributed by atoms with van der Waals surface area (Å²) in [6.45, 7) is 8.62. The number of nitrogens with two attached hydrogens (primary N) is 1. The molecule has 1 aliphatic heterocycles. The molecule has 0 spiro atoms. The molecule has 4 bridgehead atoms. The quantitative estimate of drug-likeness (QED) is 0.0652. The number of carboxylic acids is 1. The van der Waals surface area contributed by atoms with E-state index in [1.54, 1.807) is 6.20 Å². The van der Waals surface area contributed by atoms with Gasteiger partial charge in [0.1, 0.15) is 11.9 Å². The van der Waals surface area contributed by atoms with E-state index < -0.39 is 39.4 Å². The van der Waals surface area contributed by atoms with Gasteiger partial charge in [-0.2, -0.15) is 13.5 Å². The number of ether oxygens (including phenoxy) is 1. The van der Waals surface area contributed by atoms with E-state index in [-0.39, 0.29) is 41.0 Å². The van der Waals surface area contributed by atoms with E-state index in [9.17, 15) is 27.9 Å². The third-order valence-electron chi connectivity index (χ3n) is 13.5. The summed E-state index contributed by atoms with van der Waals surface area (Å²) < 4.78 is 41.2. The highest BCUT2D eigenvalue weighted by Gasteiger charge is 2.66. The highest BCUT2D eigenvalue weighted by atomic mass is 32.2. The lowest BCUT2D eigenvalue weighted by atomic mass is 9.39. The van der Waals surface area contributed by atoms with Crippen LogP contribution in [0, 0.1) is 23.2 Å². The number of para-hydroxylation sites is 1. The maximum absolute atomic E-state index is 13.7. The number of carboxylic acid groups (broad SMARTS) is 1. The summed E-state index contributed by atoms with van der Waals surface area (Å²) in [6.07, 6.45) is 8.05. The topological polar surface area (TPSA) is 232 Å². The van der Waals surface area contributed by atoms with Gasteiger partial charge in [-0.25, -0.2) is 14.8 Å². The van der Waals surface area contributed by atoms with Gasteiger partial charge in [0.2, 0.25) is 5.91 Å². The van der Waals surface area contributed by atoms with Crippen LogP contribution in [0.2, 0.25) is 0 Å². The van der Waals surface area contributed by atoms with Crippen LogP contribution in [-0.2, 0) is 39.2 Å². The number of aromatic carboxylic acids is 1. The van der Waals surface area contributed by atoms with Crippen LogP contribution in [0.25, 0.3) is 21.3 Å². The van der Waals surface area contributed by atoms with Gasteiger partial charge >= 0.3 is 5.97 Å². The molecule has 3 aromatic heterocycles. The second kappa shape index (κ2) is 15.8. The molecule has 4 aliphatic carbocycles. The molecule has 2 aromatic carbocycles. The van der Waals surface area contributed by atoms with Gasteiger partial charge in [0.05, 0.1) is 34.4 Å². The molecule has 0 saturated heterocycles. The van der Waals surface area contributed by atoms with Crippen LogP contribution in [0.3, 0.4) is 0 Å². The van der Waals surface area contributed by atoms with Gasteiger partial charge in [-0.15, -0.1) is 0 Å². The van der Waals surface area contributed by atoms with Crippen LogP contribution < -0.4 is 21.3 Å². The molecule has 10 rings (SSSR count). The lowest BCUT2D eigenvalue weighted by molar-refractivity contribution is -0.247. The molecule has 16 nitrogen and oxygen atoms in total. The van der Waals surface area contributed by atoms with Crippen LogP contribution >= 0.6 is 11.3 Å². The van der Waals surface area contributed by atoms with Gasteiger partial charge in [0.25, 0.3) is 16.0 Å². The largest absolute Gasteiger partial charge is 0.476 e. The second-order valence-electron chi connectivity index (χ2n) is 19.1. The molecule has 63 heavy (non-hydrogen) atoms. The standard InChI is InChI=1S/C45H52N8O8S2/c1-27-31(17-48-53(27)26-44-21-42(2)20-43(3,22-44)24-45(23-42,25-44)61-16-14-47-39(55)33(46)19-63(58,59)60)29-11-12-36(50-37(29)40(56)57)52-15-13-28-7-6-8-30(32(28)18-52)38(54)51-41-49-34-9-4-5-10-35(34)62-41/h4-12,17,33H,13-16,18-26,46H2,1-3H3,(H,47,55)(H,56,57)(H,49,51,54)(H,58,59,60). The molecule has 0 radical (unpaired) electrons. The molecule has 4 heterocycles. The van der Waals surface area contributed by atoms with Crippen LogP contribution in [0.5, 0.6) is 0 Å². The van der Waals surface area contributed by atoms with Crippen LogP contribution in [0.1, 0.15) is 90.0 Å². The molecule has 5 aromatic rings. The summed E-state index contributed by atoms with van der Waals surface area (Å²) in [4.78, 5) is 50.3. The average molecular weight is 897 g/mol. The summed E-state index contributed by atoms with van der Waals surface area (Å²) in [5.41, 5.74) is 10.4. The van der Waals surface area contributed by atoms with Gasteiger partial charge in [-0.3, -0.25) is 24.1 Å². The van der Waals surface area contributed by atoms with Crippen LogP contribution in [-0.4, -0.2) is 92.7 Å². The maximum Gasteiger partial charge on any atom is 0.355 e. The summed E-state index contributed by atoms with van der Waals surface area (Å²) in [7, 11) is -4.39. The van der Waals surface area contributed by atoms with Crippen LogP contribution in [0.4, 0.5) is 10.9 Å². The molecule has 6 N–H and O–H groups in total. The molecule has 2 amide bonds. The molecule has 332 valence electrons. The Kier molecular flexibility index (Phi) is 10.8. The van der Waals surface area contributed by atoms with Crippen molar-refractivity contribution in [1.29, 1.82) is 0 Å². The van der Waals surface area contributed by atoms with Gasteiger partial charge in [0, 0.05) is 48.6 Å². The minimum atomic E-state index is -4.39. The summed E-state index contributed by atoms with van der Waals surface area (Å²) in [5.74, 6) is -2.42. The Balaban J connectivity index is 0.912. The van der Waals surface area contributed by atoms with Crippen molar-refractivity contribution < 1.29 is 37.2 Å². The van der Waals surface area contributed by atoms with E-state index in [1.165, 1.54) is 11.3 Å². The third-order valence-corrected chi connectivity index (χ3v) is 15.2. The first-order valence-electron chi connectivity index (χ1n) is 21.2. The number of nitrogens with one attached hydrogen (secondary N) is 2. The number of fused-ring (bicyclic) bond motifs is 2. The SMILES string of the molecule is Cc1c(-c2ccc(N3CCc4cccc(C(=O)Nc5nc6ccccc6s5)c4C3)nc2C(=O)O)cnn1CC12CC3(C)CC(C)(C1)CC(OCCNC(=O)C(N)CS(=O)(=O)O)(C3)C2. The summed E-state index contributed by atoms with van der Waals surface area (Å²) in [5, 5.41) is 21.6. The Morgan fingerprint density at radius 1 is 0.968 bits per heavy atom. The van der Waals surface area contributed by atoms with Gasteiger partial charge in [0.15, 0.2) is 10.8 Å². The summed E-state index contributed by atoms with van der Waals surface area (Å²) >= 11 is 1.42. The average Bonchev–Trinajstić information content (AvgIpc) is 3.78. The lowest BCUT2D eigenvalue weighted by Crippen LogP contribution is -2.64. The van der Waals surface area contributed by atoms with E-state index in [0.29, 0.717) is 53.7 Å². The first-order valence-corrected chi connectivity index (χ1v) is 23.7. The molecular formula is C45H52N8O8S2. The fourth-order valence-electron chi connectivity index (χ4n) is 12.3. The smallest absolute Gasteiger partial charge is 0.355 e. The molecule has 3 atom stereocenters. The Labute approximate surface area is 369 Å². The maximum atomic E-state index is 13.7. The normalized spacial score (nSPS) is 25.5. The zero-order chi connectivity index (χ0) is 44.5. The van der Waals surface area contributed by atoms with Crippen molar-refractivity contribution in [2.24, 2.45) is 22.0 Å². The monoisotopic (exact) mass is 896 g/mol. The predicted octanol–water partition coefficient (Wildman–Crippen LogP) is 5.84. The number of nitrogens with zero attached hydrogens (tertiary/aromatic N) is 5. The summed E-state index contributed by atoms with van der Waals surface area (Å²) in [6, 6.07) is 15.7. The number of thiazole rings is 1. The van der Waals surface area contributed by atoms with Crippen molar-refractivity contribution in [2.45, 2.75) is 90.4 Å². The van der Waals surface area contributed by atoms with E-state index in [1.807, 2.05) is 71.1 Å². The first kappa shape index (κ1) is 43.0. The Hall–Kier alpha value is -5.27. The van der Waals surface area contributed by atoms with E-state index >= 15 is 0 Å². The minimum Gasteiger partial charge on any atom is -0.476 e. The fraction of sp³-hybridized carbons (Fsp3) is 0.467. The third kappa shape index (κ3) is 8.58. The van der Waals surface area contributed by atoms with E-state index in [2.05, 4.69) is 29.5 Å². The number of carbonyl (C=O) groups excluding carboxylic acids is 2. The van der Waals surface area contributed by atoms with Crippen LogP contribution in [0.15, 0.2) is 60.8 Å². The zero-order valence-corrected chi connectivity index (χ0v) is 37.2. The Morgan fingerprint density at radius 2 is 1.73 bits per heavy atom. The minimum absolute atomic E-state index is 0.0284. The number of aromatic nitrogens is 4. The highest BCUT2D eigenvalue weighted by Crippen LogP contribution is 2.72. The molecular weight excluding hydrogens is 845 g/mol. The Morgan fingerprint density at radius 3 is 2.46 bits per heavy atom. The van der Waals surface area contributed by atoms with Gasteiger partial charge in [-0.1, -0.05) is 49.4 Å². The van der Waals surface area contributed by atoms with Crippen molar-refractivity contribution in [3.05, 3.63) is 88.9 Å². The van der Waals surface area contributed by atoms with Gasteiger partial charge < -0.3 is 25.8 Å². The first-order chi connectivity index (χ1) is 29.8. The van der Waals surface area contributed by atoms with Crippen molar-refractivity contribution in [3.8, 4) is 11.1 Å². The number of anilines is 2. The van der Waals surface area contributed by atoms with Crippen molar-refractivity contribution >= 4 is 60.4 Å². The number of rotatable bonds is 14. The molecule has 4 saturated carbocycles. The van der Waals surface area contributed by atoms with Gasteiger partial charge in [-0.05, 0) is 110 Å². The fourth-order valence-corrected chi connectivity index (χ4v) is 13.8. The lowest BCUT2D eigenvalue weighted by Gasteiger charge is -2.69. The molecule has 3 unspecified atom stereocenters. The highest BCUT2D eigenvalue weighted by molar-refractivity contribution is 7.85. The number of benzene rings is 2. The molecule has 4 fully saturated rings. The second-order valence-corrected chi connectivity index (χ2v) is 21.6. The Bertz CT molecular complexity index is 2720. The van der Waals surface area contributed by atoms with Crippen molar-refractivity contribution in [1.82, 2.24) is 25.1 Å². The molecule has 5 aliphatic rings. The predicted molar refractivity (Wildman–Crippen MR) is 238 cm³/mol. The number of hydrogen-bond donors (Lipinski definition) is 5. The van der Waals surface area contributed by atoms with E-state index in [4.69, 9.17) is 25.1 Å². The number of amides is 2. The van der Waals surface area contributed by atoms with Crippen molar-refractivity contribution in [2.75, 3.05) is 35.7 Å². The van der Waals surface area contributed by atoms with Crippen molar-refractivity contribution in [3.63, 3.8) is 0 Å². The number of pyridine rings is 1. The zero-order valence-electron chi connectivity index (χ0n) is 35.5. The van der Waals surface area contributed by atoms with E-state index in [0.717, 1.165) is 65.6 Å². The molecule has 18 heteroatoms. The number of hydrogen-bond acceptors (Lipinski definition) is 12.